The molecule has 2 heterocycles. The highest BCUT2D eigenvalue weighted by atomic mass is 16.2. The van der Waals surface area contributed by atoms with Crippen LogP contribution in [0.5, 0.6) is 0 Å². The summed E-state index contributed by atoms with van der Waals surface area (Å²) in [6.45, 7) is 0.679. The van der Waals surface area contributed by atoms with E-state index in [4.69, 9.17) is 0 Å². The lowest BCUT2D eigenvalue weighted by Crippen LogP contribution is -2.36. The van der Waals surface area contributed by atoms with Crippen LogP contribution in [0.3, 0.4) is 0 Å². The molecule has 0 spiro atoms. The molecule has 1 fully saturated rings. The molecule has 112 valence electrons. The highest BCUT2D eigenvalue weighted by molar-refractivity contribution is 5.78. The summed E-state index contributed by atoms with van der Waals surface area (Å²) in [6, 6.07) is 0.356. The van der Waals surface area contributed by atoms with Gasteiger partial charge >= 0.3 is 0 Å². The number of aromatic nitrogens is 4. The molecule has 1 aliphatic carbocycles. The molecule has 0 unspecified atom stereocenters. The van der Waals surface area contributed by atoms with Crippen LogP contribution in [0.25, 0.3) is 11.0 Å². The highest BCUT2D eigenvalue weighted by Gasteiger charge is 2.23. The SMILES string of the molecule is CN(CC(=O)NC1CC1)Cc1nc2c(cnn2C)c(=O)[nH]1. The minimum atomic E-state index is -0.209. The first-order valence-electron chi connectivity index (χ1n) is 6.92. The van der Waals surface area contributed by atoms with Crippen LogP contribution in [0.2, 0.25) is 0 Å². The molecule has 21 heavy (non-hydrogen) atoms. The van der Waals surface area contributed by atoms with E-state index in [-0.39, 0.29) is 18.0 Å². The Balaban J connectivity index is 1.70. The van der Waals surface area contributed by atoms with E-state index in [1.807, 2.05) is 11.9 Å². The van der Waals surface area contributed by atoms with E-state index < -0.39 is 0 Å². The second kappa shape index (κ2) is 5.28. The zero-order chi connectivity index (χ0) is 15.0. The summed E-state index contributed by atoms with van der Waals surface area (Å²) in [4.78, 5) is 32.6. The Morgan fingerprint density at radius 2 is 2.33 bits per heavy atom. The number of aromatic amines is 1. The molecule has 1 amide bonds. The van der Waals surface area contributed by atoms with E-state index in [0.29, 0.717) is 29.4 Å². The van der Waals surface area contributed by atoms with Gasteiger partial charge in [-0.1, -0.05) is 0 Å². The molecule has 1 saturated carbocycles. The van der Waals surface area contributed by atoms with Crippen molar-refractivity contribution in [3.63, 3.8) is 0 Å². The van der Waals surface area contributed by atoms with Gasteiger partial charge in [-0.15, -0.1) is 0 Å². The van der Waals surface area contributed by atoms with Crippen LogP contribution in [-0.2, 0) is 18.4 Å². The number of nitrogens with zero attached hydrogens (tertiary/aromatic N) is 4. The van der Waals surface area contributed by atoms with Crippen LogP contribution < -0.4 is 10.9 Å². The van der Waals surface area contributed by atoms with Crippen molar-refractivity contribution in [1.29, 1.82) is 0 Å². The van der Waals surface area contributed by atoms with Gasteiger partial charge in [-0.05, 0) is 19.9 Å². The van der Waals surface area contributed by atoms with Gasteiger partial charge < -0.3 is 10.3 Å². The quantitative estimate of drug-likeness (QED) is 0.764. The minimum absolute atomic E-state index is 0.00367. The largest absolute Gasteiger partial charge is 0.352 e. The molecular formula is C13H18N6O2. The Hall–Kier alpha value is -2.22. The van der Waals surface area contributed by atoms with Crippen LogP contribution >= 0.6 is 0 Å². The molecule has 0 radical (unpaired) electrons. The molecule has 0 aliphatic heterocycles. The second-order valence-corrected chi connectivity index (χ2v) is 5.53. The van der Waals surface area contributed by atoms with Gasteiger partial charge in [0.2, 0.25) is 5.91 Å². The van der Waals surface area contributed by atoms with Crippen molar-refractivity contribution in [1.82, 2.24) is 30.0 Å². The van der Waals surface area contributed by atoms with E-state index in [1.54, 1.807) is 11.7 Å². The van der Waals surface area contributed by atoms with Gasteiger partial charge in [-0.2, -0.15) is 5.10 Å². The van der Waals surface area contributed by atoms with Gasteiger partial charge in [0.05, 0.1) is 19.3 Å². The molecule has 2 aromatic heterocycles. The lowest BCUT2D eigenvalue weighted by molar-refractivity contribution is -0.122. The Bertz CT molecular complexity index is 730. The number of nitrogens with one attached hydrogen (secondary N) is 2. The van der Waals surface area contributed by atoms with E-state index in [2.05, 4.69) is 20.4 Å². The van der Waals surface area contributed by atoms with Crippen LogP contribution in [-0.4, -0.2) is 50.2 Å². The van der Waals surface area contributed by atoms with Crippen LogP contribution in [0.1, 0.15) is 18.7 Å². The average Bonchev–Trinajstić information content (AvgIpc) is 3.12. The minimum Gasteiger partial charge on any atom is -0.352 e. The van der Waals surface area contributed by atoms with E-state index in [1.165, 1.54) is 6.20 Å². The molecule has 0 bridgehead atoms. The molecule has 0 saturated heterocycles. The number of rotatable bonds is 5. The number of fused-ring (bicyclic) bond motifs is 1. The normalized spacial score (nSPS) is 14.8. The molecule has 1 aliphatic rings. The maximum Gasteiger partial charge on any atom is 0.262 e. The summed E-state index contributed by atoms with van der Waals surface area (Å²) in [7, 11) is 3.56. The van der Waals surface area contributed by atoms with Crippen molar-refractivity contribution in [3.8, 4) is 0 Å². The fraction of sp³-hybridized carbons (Fsp3) is 0.538. The number of amides is 1. The third-order valence-corrected chi connectivity index (χ3v) is 3.43. The Morgan fingerprint density at radius 3 is 3.05 bits per heavy atom. The molecule has 0 atom stereocenters. The lowest BCUT2D eigenvalue weighted by Gasteiger charge is -2.15. The first kappa shape index (κ1) is 13.7. The van der Waals surface area contributed by atoms with Crippen molar-refractivity contribution < 1.29 is 4.79 Å². The predicted octanol–water partition coefficient (Wildman–Crippen LogP) is -0.633. The summed E-state index contributed by atoms with van der Waals surface area (Å²) in [6.07, 6.45) is 3.64. The third-order valence-electron chi connectivity index (χ3n) is 3.43. The lowest BCUT2D eigenvalue weighted by atomic mass is 10.4. The summed E-state index contributed by atoms with van der Waals surface area (Å²) >= 11 is 0. The zero-order valence-corrected chi connectivity index (χ0v) is 12.1. The summed E-state index contributed by atoms with van der Waals surface area (Å²) in [5.41, 5.74) is 0.337. The first-order chi connectivity index (χ1) is 10.0. The predicted molar refractivity (Wildman–Crippen MR) is 76.6 cm³/mol. The molecule has 8 heteroatoms. The van der Waals surface area contributed by atoms with Crippen molar-refractivity contribution in [3.05, 3.63) is 22.4 Å². The van der Waals surface area contributed by atoms with Gasteiger partial charge in [0.15, 0.2) is 5.65 Å². The van der Waals surface area contributed by atoms with Crippen molar-refractivity contribution in [2.24, 2.45) is 7.05 Å². The molecule has 8 nitrogen and oxygen atoms in total. The highest BCUT2D eigenvalue weighted by Crippen LogP contribution is 2.18. The molecule has 3 rings (SSSR count). The fourth-order valence-electron chi connectivity index (χ4n) is 2.21. The van der Waals surface area contributed by atoms with Gasteiger partial charge in [0.1, 0.15) is 11.2 Å². The zero-order valence-electron chi connectivity index (χ0n) is 12.1. The topological polar surface area (TPSA) is 95.9 Å². The van der Waals surface area contributed by atoms with Gasteiger partial charge in [0.25, 0.3) is 5.56 Å². The van der Waals surface area contributed by atoms with Gasteiger partial charge in [-0.25, -0.2) is 4.98 Å². The number of H-pyrrole nitrogens is 1. The molecular weight excluding hydrogens is 272 g/mol. The van der Waals surface area contributed by atoms with Gasteiger partial charge in [-0.3, -0.25) is 19.2 Å². The van der Waals surface area contributed by atoms with Crippen molar-refractivity contribution in [2.45, 2.75) is 25.4 Å². The summed E-state index contributed by atoms with van der Waals surface area (Å²) in [5.74, 6) is 0.529. The number of carbonyl (C=O) groups is 1. The maximum atomic E-state index is 11.9. The summed E-state index contributed by atoms with van der Waals surface area (Å²) in [5, 5.41) is 7.42. The maximum absolute atomic E-state index is 11.9. The first-order valence-corrected chi connectivity index (χ1v) is 6.92. The van der Waals surface area contributed by atoms with Gasteiger partial charge in [0, 0.05) is 13.1 Å². The number of hydrogen-bond acceptors (Lipinski definition) is 5. The average molecular weight is 290 g/mol. The molecule has 0 aromatic carbocycles. The second-order valence-electron chi connectivity index (χ2n) is 5.53. The van der Waals surface area contributed by atoms with Crippen LogP contribution in [0, 0.1) is 0 Å². The number of likely N-dealkylation sites (N-methyl/N-ethyl adjacent to an activating group) is 1. The van der Waals surface area contributed by atoms with E-state index in [0.717, 1.165) is 12.8 Å². The van der Waals surface area contributed by atoms with Crippen LogP contribution in [0.4, 0.5) is 0 Å². The standard InChI is InChI=1S/C13H18N6O2/c1-18(7-11(20)15-8-3-4-8)6-10-16-12-9(13(21)17-10)5-14-19(12)2/h5,8H,3-4,6-7H2,1-2H3,(H,15,20)(H,16,17,21). The molecule has 2 aromatic rings. The van der Waals surface area contributed by atoms with E-state index >= 15 is 0 Å². The monoisotopic (exact) mass is 290 g/mol. The molecule has 2 N–H and O–H groups in total. The van der Waals surface area contributed by atoms with Crippen molar-refractivity contribution >= 4 is 16.9 Å². The summed E-state index contributed by atoms with van der Waals surface area (Å²) < 4.78 is 1.56. The van der Waals surface area contributed by atoms with Crippen LogP contribution in [0.15, 0.2) is 11.0 Å². The Morgan fingerprint density at radius 1 is 1.57 bits per heavy atom. The van der Waals surface area contributed by atoms with E-state index in [9.17, 15) is 9.59 Å². The Labute approximate surface area is 121 Å². The fourth-order valence-corrected chi connectivity index (χ4v) is 2.21. The third kappa shape index (κ3) is 3.10. The van der Waals surface area contributed by atoms with Crippen molar-refractivity contribution in [2.75, 3.05) is 13.6 Å². The smallest absolute Gasteiger partial charge is 0.262 e. The number of aryl methyl sites for hydroxylation is 1. The number of hydrogen-bond donors (Lipinski definition) is 2. The Kier molecular flexibility index (Phi) is 3.46. The number of carbonyl (C=O) groups excluding carboxylic acids is 1.